The number of para-hydroxylation sites is 1. The van der Waals surface area contributed by atoms with E-state index in [1.54, 1.807) is 52.0 Å². The number of carbonyl (C=O) groups is 3. The van der Waals surface area contributed by atoms with Crippen molar-refractivity contribution >= 4 is 46.4 Å². The molecule has 0 unspecified atom stereocenters. The maximum atomic E-state index is 14.1. The summed E-state index contributed by atoms with van der Waals surface area (Å²) in [7, 11) is 0. The zero-order chi connectivity index (χ0) is 31.0. The fourth-order valence-corrected chi connectivity index (χ4v) is 6.92. The molecule has 9 heteroatoms. The van der Waals surface area contributed by atoms with E-state index in [1.165, 1.54) is 0 Å². The van der Waals surface area contributed by atoms with Gasteiger partial charge < -0.3 is 20.0 Å². The Kier molecular flexibility index (Phi) is 8.33. The first-order valence-electron chi connectivity index (χ1n) is 15.1. The Morgan fingerprint density at radius 1 is 1.07 bits per heavy atom. The number of nitrogens with zero attached hydrogens (tertiary/aromatic N) is 3. The number of rotatable bonds is 8. The SMILES string of the molecule is C[C@H](/C=C/CC(=O)N1CCC[C@H]1CO)[C@@]1(O)C(=O)N(Cc2cccc(N3C(=O)CCc4ccccc43)c2)c2ccc(Cl)cc21. The third-order valence-corrected chi connectivity index (χ3v) is 9.35. The van der Waals surface area contributed by atoms with Crippen LogP contribution in [0, 0.1) is 5.92 Å². The van der Waals surface area contributed by atoms with E-state index in [2.05, 4.69) is 0 Å². The fraction of sp³-hybridized carbons (Fsp3) is 0.343. The minimum Gasteiger partial charge on any atom is -0.394 e. The minimum atomic E-state index is -1.89. The van der Waals surface area contributed by atoms with Crippen molar-refractivity contribution in [3.05, 3.63) is 101 Å². The number of amides is 3. The molecular weight excluding hydrogens is 578 g/mol. The van der Waals surface area contributed by atoms with Crippen molar-refractivity contribution in [3.8, 4) is 0 Å². The molecular formula is C35H36ClN3O5. The van der Waals surface area contributed by atoms with Crippen LogP contribution in [-0.4, -0.2) is 52.0 Å². The maximum Gasteiger partial charge on any atom is 0.264 e. The molecule has 0 aromatic heterocycles. The largest absolute Gasteiger partial charge is 0.394 e. The smallest absolute Gasteiger partial charge is 0.264 e. The van der Waals surface area contributed by atoms with Gasteiger partial charge in [-0.25, -0.2) is 0 Å². The summed E-state index contributed by atoms with van der Waals surface area (Å²) in [6.07, 6.45) is 6.28. The van der Waals surface area contributed by atoms with Gasteiger partial charge in [0.2, 0.25) is 11.8 Å². The van der Waals surface area contributed by atoms with Crippen molar-refractivity contribution in [2.24, 2.45) is 5.92 Å². The molecule has 0 radical (unpaired) electrons. The van der Waals surface area contributed by atoms with E-state index in [9.17, 15) is 24.6 Å². The van der Waals surface area contributed by atoms with Crippen LogP contribution in [0.15, 0.2) is 78.9 Å². The highest BCUT2D eigenvalue weighted by molar-refractivity contribution is 6.31. The molecule has 3 amide bonds. The monoisotopic (exact) mass is 613 g/mol. The average Bonchev–Trinajstić information content (AvgIpc) is 3.59. The van der Waals surface area contributed by atoms with Crippen LogP contribution >= 0.6 is 11.6 Å². The molecule has 3 heterocycles. The molecule has 228 valence electrons. The van der Waals surface area contributed by atoms with Crippen molar-refractivity contribution in [1.82, 2.24) is 4.90 Å². The highest BCUT2D eigenvalue weighted by Crippen LogP contribution is 2.47. The van der Waals surface area contributed by atoms with E-state index < -0.39 is 17.4 Å². The van der Waals surface area contributed by atoms with Crippen LogP contribution in [-0.2, 0) is 33.0 Å². The van der Waals surface area contributed by atoms with Crippen molar-refractivity contribution in [3.63, 3.8) is 0 Å². The van der Waals surface area contributed by atoms with E-state index in [0.29, 0.717) is 35.7 Å². The van der Waals surface area contributed by atoms with Crippen LogP contribution in [0.1, 0.15) is 49.3 Å². The normalized spacial score (nSPS) is 22.1. The lowest BCUT2D eigenvalue weighted by atomic mass is 9.83. The van der Waals surface area contributed by atoms with Crippen LogP contribution in [0.3, 0.4) is 0 Å². The molecule has 1 fully saturated rings. The molecule has 0 spiro atoms. The van der Waals surface area contributed by atoms with Crippen LogP contribution in [0.5, 0.6) is 0 Å². The Morgan fingerprint density at radius 2 is 1.89 bits per heavy atom. The van der Waals surface area contributed by atoms with Crippen LogP contribution < -0.4 is 9.80 Å². The molecule has 3 aliphatic heterocycles. The summed E-state index contributed by atoms with van der Waals surface area (Å²) in [6.45, 7) is 2.49. The number of aliphatic hydroxyl groups is 2. The molecule has 3 aromatic rings. The number of hydrogen-bond donors (Lipinski definition) is 2. The molecule has 0 bridgehead atoms. The first-order chi connectivity index (χ1) is 21.2. The van der Waals surface area contributed by atoms with Gasteiger partial charge in [0.15, 0.2) is 5.60 Å². The molecule has 8 nitrogen and oxygen atoms in total. The summed E-state index contributed by atoms with van der Waals surface area (Å²) in [5, 5.41) is 22.0. The fourth-order valence-electron chi connectivity index (χ4n) is 6.75. The Balaban J connectivity index is 1.25. The van der Waals surface area contributed by atoms with Gasteiger partial charge in [0.1, 0.15) is 0 Å². The predicted molar refractivity (Wildman–Crippen MR) is 170 cm³/mol. The molecule has 0 saturated carbocycles. The van der Waals surface area contributed by atoms with Crippen LogP contribution in [0.4, 0.5) is 17.1 Å². The Morgan fingerprint density at radius 3 is 2.70 bits per heavy atom. The summed E-state index contributed by atoms with van der Waals surface area (Å²) < 4.78 is 0. The van der Waals surface area contributed by atoms with Crippen molar-refractivity contribution in [2.45, 2.75) is 57.2 Å². The second kappa shape index (κ2) is 12.2. The Labute approximate surface area is 262 Å². The highest BCUT2D eigenvalue weighted by atomic mass is 35.5. The van der Waals surface area contributed by atoms with Gasteiger partial charge >= 0.3 is 0 Å². The van der Waals surface area contributed by atoms with Crippen molar-refractivity contribution < 1.29 is 24.6 Å². The first-order valence-corrected chi connectivity index (χ1v) is 15.5. The lowest BCUT2D eigenvalue weighted by Crippen LogP contribution is -2.44. The minimum absolute atomic E-state index is 0.0168. The van der Waals surface area contributed by atoms with Crippen molar-refractivity contribution in [2.75, 3.05) is 23.0 Å². The lowest BCUT2D eigenvalue weighted by Gasteiger charge is -2.30. The number of likely N-dealkylation sites (tertiary alicyclic amines) is 1. The number of benzene rings is 3. The van der Waals surface area contributed by atoms with E-state index in [-0.39, 0.29) is 37.4 Å². The number of hydrogen-bond acceptors (Lipinski definition) is 5. The number of carbonyl (C=O) groups excluding carboxylic acids is 3. The topological polar surface area (TPSA) is 101 Å². The van der Waals surface area contributed by atoms with Gasteiger partial charge in [-0.15, -0.1) is 0 Å². The quantitative estimate of drug-likeness (QED) is 0.338. The zero-order valence-electron chi connectivity index (χ0n) is 24.7. The standard InChI is InChI=1S/C35H36ClN3O5/c1-23(7-4-13-32(41)37-18-6-11-28(37)22-40)35(44)29-20-26(36)15-16-31(29)38(34(35)43)21-24-8-5-10-27(19-24)39-30-12-3-2-9-25(30)14-17-33(39)42/h2-5,7-10,12,15-16,19-20,23,28,40,44H,6,11,13-14,17-18,21-22H2,1H3/b7-4+/t23-,28+,35+/m1/s1. The number of anilines is 3. The molecule has 3 aliphatic rings. The Hall–Kier alpha value is -3.98. The molecule has 2 N–H and O–H groups in total. The second-order valence-corrected chi connectivity index (χ2v) is 12.3. The van der Waals surface area contributed by atoms with Gasteiger partial charge in [-0.05, 0) is 66.8 Å². The third kappa shape index (κ3) is 5.31. The molecule has 0 aliphatic carbocycles. The molecule has 3 aromatic carbocycles. The van der Waals surface area contributed by atoms with E-state index >= 15 is 0 Å². The molecule has 3 atom stereocenters. The molecule has 6 rings (SSSR count). The number of aryl methyl sites for hydroxylation is 1. The summed E-state index contributed by atoms with van der Waals surface area (Å²) in [6, 6.07) is 20.3. The maximum absolute atomic E-state index is 14.1. The van der Waals surface area contributed by atoms with E-state index in [4.69, 9.17) is 11.6 Å². The third-order valence-electron chi connectivity index (χ3n) is 9.12. The first kappa shape index (κ1) is 30.1. The number of aliphatic hydroxyl groups excluding tert-OH is 1. The lowest BCUT2D eigenvalue weighted by molar-refractivity contribution is -0.139. The van der Waals surface area contributed by atoms with Crippen LogP contribution in [0.25, 0.3) is 0 Å². The summed E-state index contributed by atoms with van der Waals surface area (Å²) in [5.41, 5.74) is 2.58. The van der Waals surface area contributed by atoms with E-state index in [1.807, 2.05) is 48.5 Å². The zero-order valence-corrected chi connectivity index (χ0v) is 25.4. The van der Waals surface area contributed by atoms with Gasteiger partial charge in [-0.2, -0.15) is 0 Å². The van der Waals surface area contributed by atoms with Gasteiger partial charge in [-0.1, -0.05) is 61.0 Å². The second-order valence-electron chi connectivity index (χ2n) is 11.8. The van der Waals surface area contributed by atoms with E-state index in [0.717, 1.165) is 35.3 Å². The summed E-state index contributed by atoms with van der Waals surface area (Å²) >= 11 is 6.35. The average molecular weight is 614 g/mol. The molecule has 44 heavy (non-hydrogen) atoms. The van der Waals surface area contributed by atoms with Crippen LogP contribution in [0.2, 0.25) is 5.02 Å². The van der Waals surface area contributed by atoms with Crippen molar-refractivity contribution in [1.29, 1.82) is 0 Å². The molecule has 1 saturated heterocycles. The highest BCUT2D eigenvalue weighted by Gasteiger charge is 2.52. The van der Waals surface area contributed by atoms with Gasteiger partial charge in [0.25, 0.3) is 5.91 Å². The Bertz CT molecular complexity index is 1640. The number of halogens is 1. The van der Waals surface area contributed by atoms with Gasteiger partial charge in [0, 0.05) is 41.6 Å². The van der Waals surface area contributed by atoms with Gasteiger partial charge in [0.05, 0.1) is 30.6 Å². The predicted octanol–water partition coefficient (Wildman–Crippen LogP) is 5.25. The number of fused-ring (bicyclic) bond motifs is 2. The summed E-state index contributed by atoms with van der Waals surface area (Å²) in [4.78, 5) is 44.9. The summed E-state index contributed by atoms with van der Waals surface area (Å²) in [5.74, 6) is -1.22. The van der Waals surface area contributed by atoms with Gasteiger partial charge in [-0.3, -0.25) is 19.3 Å².